The number of aromatic nitrogens is 3. The number of esters is 1. The maximum absolute atomic E-state index is 12.6. The monoisotopic (exact) mass is 610 g/mol. The smallest absolute Gasteiger partial charge is 0.338 e. The van der Waals surface area contributed by atoms with E-state index in [0.29, 0.717) is 50.0 Å². The van der Waals surface area contributed by atoms with Crippen LogP contribution in [-0.4, -0.2) is 60.2 Å². The van der Waals surface area contributed by atoms with E-state index in [9.17, 15) is 9.59 Å². The van der Waals surface area contributed by atoms with Crippen LogP contribution in [-0.2, 0) is 19.1 Å². The summed E-state index contributed by atoms with van der Waals surface area (Å²) in [6.07, 6.45) is -1.16. The standard InChI is InChI=1S/C28H30N6O8S/c1-13-7-8-14(30-20(35)12-19-26(36)41-28(2,3)40-19)9-16(13)24-33-25(42-34-24)22-23(29)32-27(43-22)31-15-10-17(37-4)21(39-6)18(11-15)38-5/h7-11,19H,12,29H2,1-6H3,(H,30,35)(H,31,32). The minimum atomic E-state index is -1.07. The SMILES string of the molecule is COc1cc(Nc2nc(N)c(-c3nc(-c4cc(NC(=O)CC5OC(C)(C)OC5=O)ccc4C)no3)s2)cc(OC)c1OC. The van der Waals surface area contributed by atoms with Crippen molar-refractivity contribution >= 4 is 45.5 Å². The molecule has 1 amide bonds. The third-order valence-electron chi connectivity index (χ3n) is 6.36. The number of nitrogens with one attached hydrogen (secondary N) is 2. The van der Waals surface area contributed by atoms with E-state index in [1.807, 2.05) is 13.0 Å². The molecule has 0 bridgehead atoms. The number of nitrogens with two attached hydrogens (primary N) is 1. The number of ether oxygens (including phenoxy) is 5. The highest BCUT2D eigenvalue weighted by molar-refractivity contribution is 7.19. The fourth-order valence-corrected chi connectivity index (χ4v) is 5.24. The second-order valence-corrected chi connectivity index (χ2v) is 10.9. The Labute approximate surface area is 250 Å². The number of thiazole rings is 1. The van der Waals surface area contributed by atoms with Crippen LogP contribution in [0.25, 0.3) is 22.2 Å². The van der Waals surface area contributed by atoms with Crippen molar-refractivity contribution in [1.29, 1.82) is 0 Å². The van der Waals surface area contributed by atoms with E-state index in [2.05, 4.69) is 25.8 Å². The molecule has 226 valence electrons. The zero-order chi connectivity index (χ0) is 30.9. The summed E-state index contributed by atoms with van der Waals surface area (Å²) in [7, 11) is 4.59. The Morgan fingerprint density at radius 1 is 1.07 bits per heavy atom. The molecule has 4 N–H and O–H groups in total. The molecule has 1 unspecified atom stereocenters. The van der Waals surface area contributed by atoms with Crippen molar-refractivity contribution in [3.63, 3.8) is 0 Å². The summed E-state index contributed by atoms with van der Waals surface area (Å²) < 4.78 is 32.4. The lowest BCUT2D eigenvalue weighted by atomic mass is 10.1. The largest absolute Gasteiger partial charge is 0.493 e. The van der Waals surface area contributed by atoms with Crippen molar-refractivity contribution < 1.29 is 37.8 Å². The fraction of sp³-hybridized carbons (Fsp3) is 0.321. The zero-order valence-corrected chi connectivity index (χ0v) is 25.1. The van der Waals surface area contributed by atoms with Gasteiger partial charge >= 0.3 is 5.97 Å². The molecule has 0 saturated carbocycles. The van der Waals surface area contributed by atoms with Gasteiger partial charge in [-0.15, -0.1) is 0 Å². The van der Waals surface area contributed by atoms with E-state index in [4.69, 9.17) is 33.9 Å². The van der Waals surface area contributed by atoms with Gasteiger partial charge in [-0.2, -0.15) is 4.98 Å². The van der Waals surface area contributed by atoms with Crippen molar-refractivity contribution in [2.75, 3.05) is 37.7 Å². The third-order valence-corrected chi connectivity index (χ3v) is 7.33. The van der Waals surface area contributed by atoms with Crippen molar-refractivity contribution in [3.8, 4) is 39.4 Å². The number of hydrogen-bond donors (Lipinski definition) is 3. The summed E-state index contributed by atoms with van der Waals surface area (Å²) >= 11 is 1.22. The first-order valence-electron chi connectivity index (χ1n) is 13.0. The minimum Gasteiger partial charge on any atom is -0.493 e. The van der Waals surface area contributed by atoms with E-state index < -0.39 is 23.8 Å². The summed E-state index contributed by atoms with van der Waals surface area (Å²) in [4.78, 5) is 34.0. The van der Waals surface area contributed by atoms with E-state index in [1.54, 1.807) is 38.1 Å². The number of aryl methyl sites for hydroxylation is 1. The maximum atomic E-state index is 12.6. The molecule has 43 heavy (non-hydrogen) atoms. The van der Waals surface area contributed by atoms with Crippen LogP contribution in [0.2, 0.25) is 0 Å². The molecule has 2 aromatic carbocycles. The van der Waals surface area contributed by atoms with E-state index in [1.165, 1.54) is 32.7 Å². The van der Waals surface area contributed by atoms with Crippen LogP contribution in [0, 0.1) is 6.92 Å². The Kier molecular flexibility index (Phi) is 8.10. The summed E-state index contributed by atoms with van der Waals surface area (Å²) in [6.45, 7) is 5.10. The minimum absolute atomic E-state index is 0.177. The molecule has 14 nitrogen and oxygen atoms in total. The average molecular weight is 611 g/mol. The van der Waals surface area contributed by atoms with Gasteiger partial charge in [0, 0.05) is 42.9 Å². The Morgan fingerprint density at radius 2 is 1.79 bits per heavy atom. The lowest BCUT2D eigenvalue weighted by Gasteiger charge is -2.15. The second kappa shape index (κ2) is 11.8. The quantitative estimate of drug-likeness (QED) is 0.213. The molecular formula is C28H30N6O8S. The molecule has 1 atom stereocenters. The third kappa shape index (κ3) is 6.32. The van der Waals surface area contributed by atoms with Gasteiger partial charge in [0.15, 0.2) is 22.7 Å². The number of nitrogens with zero attached hydrogens (tertiary/aromatic N) is 3. The number of cyclic esters (lactones) is 1. The molecule has 0 radical (unpaired) electrons. The molecule has 3 heterocycles. The van der Waals surface area contributed by atoms with E-state index in [-0.39, 0.29) is 18.1 Å². The van der Waals surface area contributed by atoms with Crippen LogP contribution in [0.5, 0.6) is 17.2 Å². The summed E-state index contributed by atoms with van der Waals surface area (Å²) in [5.41, 5.74) is 8.80. The Hall–Kier alpha value is -4.89. The van der Waals surface area contributed by atoms with Crippen LogP contribution < -0.4 is 30.6 Å². The molecule has 5 rings (SSSR count). The van der Waals surface area contributed by atoms with Gasteiger partial charge in [-0.1, -0.05) is 22.6 Å². The number of rotatable bonds is 10. The number of carbonyl (C=O) groups is 2. The molecular weight excluding hydrogens is 580 g/mol. The molecule has 0 spiro atoms. The molecule has 1 aliphatic heterocycles. The first kappa shape index (κ1) is 29.6. The Balaban J connectivity index is 1.32. The number of amides is 1. The second-order valence-electron chi connectivity index (χ2n) is 9.90. The van der Waals surface area contributed by atoms with Crippen LogP contribution in [0.1, 0.15) is 25.8 Å². The highest BCUT2D eigenvalue weighted by atomic mass is 32.1. The zero-order valence-electron chi connectivity index (χ0n) is 24.3. The molecule has 1 aliphatic rings. The molecule has 1 fully saturated rings. The predicted octanol–water partition coefficient (Wildman–Crippen LogP) is 4.53. The van der Waals surface area contributed by atoms with Gasteiger partial charge in [0.05, 0.1) is 27.8 Å². The van der Waals surface area contributed by atoms with Gasteiger partial charge in [-0.05, 0) is 24.6 Å². The van der Waals surface area contributed by atoms with Gasteiger partial charge in [-0.25, -0.2) is 9.78 Å². The number of carbonyl (C=O) groups excluding carboxylic acids is 2. The van der Waals surface area contributed by atoms with Crippen molar-refractivity contribution in [2.24, 2.45) is 0 Å². The summed E-state index contributed by atoms with van der Waals surface area (Å²) in [5.74, 6) is 0.0279. The number of benzene rings is 2. The average Bonchev–Trinajstić information content (AvgIpc) is 3.65. The number of anilines is 4. The molecule has 1 saturated heterocycles. The van der Waals surface area contributed by atoms with Crippen LogP contribution in [0.3, 0.4) is 0 Å². The van der Waals surface area contributed by atoms with Gasteiger partial charge in [0.1, 0.15) is 10.7 Å². The van der Waals surface area contributed by atoms with E-state index in [0.717, 1.165) is 5.56 Å². The van der Waals surface area contributed by atoms with Gasteiger partial charge in [0.2, 0.25) is 23.3 Å². The van der Waals surface area contributed by atoms with Crippen LogP contribution in [0.4, 0.5) is 22.3 Å². The van der Waals surface area contributed by atoms with Crippen LogP contribution >= 0.6 is 11.3 Å². The highest BCUT2D eigenvalue weighted by Gasteiger charge is 2.42. The lowest BCUT2D eigenvalue weighted by Crippen LogP contribution is -2.26. The maximum Gasteiger partial charge on any atom is 0.338 e. The van der Waals surface area contributed by atoms with Gasteiger partial charge in [0.25, 0.3) is 5.89 Å². The number of hydrogen-bond acceptors (Lipinski definition) is 14. The topological polar surface area (TPSA) is 182 Å². The first-order chi connectivity index (χ1) is 20.5. The van der Waals surface area contributed by atoms with E-state index >= 15 is 0 Å². The van der Waals surface area contributed by atoms with Crippen molar-refractivity contribution in [1.82, 2.24) is 15.1 Å². The van der Waals surface area contributed by atoms with Crippen molar-refractivity contribution in [3.05, 3.63) is 35.9 Å². The Morgan fingerprint density at radius 3 is 2.42 bits per heavy atom. The number of methoxy groups -OCH3 is 3. The Bertz CT molecular complexity index is 1660. The normalized spacial score (nSPS) is 15.6. The summed E-state index contributed by atoms with van der Waals surface area (Å²) in [6, 6.07) is 8.74. The molecule has 4 aromatic rings. The van der Waals surface area contributed by atoms with Crippen LogP contribution in [0.15, 0.2) is 34.9 Å². The first-order valence-corrected chi connectivity index (χ1v) is 13.8. The summed E-state index contributed by atoms with van der Waals surface area (Å²) in [5, 5.41) is 10.6. The predicted molar refractivity (Wildman–Crippen MR) is 158 cm³/mol. The lowest BCUT2D eigenvalue weighted by molar-refractivity contribution is -0.160. The van der Waals surface area contributed by atoms with Crippen molar-refractivity contribution in [2.45, 2.75) is 39.1 Å². The fourth-order valence-electron chi connectivity index (χ4n) is 4.41. The number of nitrogen functional groups attached to an aromatic ring is 1. The molecule has 2 aromatic heterocycles. The molecule has 0 aliphatic carbocycles. The molecule has 15 heteroatoms. The highest BCUT2D eigenvalue weighted by Crippen LogP contribution is 2.42. The van der Waals surface area contributed by atoms with Gasteiger partial charge < -0.3 is 44.6 Å². The van der Waals surface area contributed by atoms with Gasteiger partial charge in [-0.3, -0.25) is 4.79 Å².